The molecule has 0 aromatic heterocycles. The van der Waals surface area contributed by atoms with Crippen molar-refractivity contribution >= 4 is 5.76 Å². The first-order chi connectivity index (χ1) is 9.28. The van der Waals surface area contributed by atoms with E-state index in [1.165, 1.54) is 5.56 Å². The number of allylic oxidation sites excluding steroid dienone is 1. The molecule has 0 aliphatic carbocycles. The highest BCUT2D eigenvalue weighted by molar-refractivity contribution is 5.67. The van der Waals surface area contributed by atoms with E-state index >= 15 is 0 Å². The van der Waals surface area contributed by atoms with Crippen LogP contribution in [0.25, 0.3) is 5.76 Å². The molecule has 2 heteroatoms. The minimum atomic E-state index is 0.338. The largest absolute Gasteiger partial charge is 0.497 e. The standard InChI is InChI=1S/C17H16O2/c1-12-10-16(13-6-4-3-5-7-13)19-17-11-14(18-2)8-9-15(12)17/h3-12H,1-2H3/t12-/m1/s1. The van der Waals surface area contributed by atoms with Crippen LogP contribution in [0.15, 0.2) is 54.6 Å². The average Bonchev–Trinajstić information content (AvgIpc) is 2.47. The fraction of sp³-hybridized carbons (Fsp3) is 0.176. The maximum atomic E-state index is 6.01. The van der Waals surface area contributed by atoms with Crippen LogP contribution in [0.1, 0.15) is 24.0 Å². The van der Waals surface area contributed by atoms with Crippen LogP contribution < -0.4 is 9.47 Å². The number of ether oxygens (including phenoxy) is 2. The quantitative estimate of drug-likeness (QED) is 0.796. The predicted octanol–water partition coefficient (Wildman–Crippen LogP) is 4.23. The van der Waals surface area contributed by atoms with Crippen molar-refractivity contribution in [3.63, 3.8) is 0 Å². The number of fused-ring (bicyclic) bond motifs is 1. The van der Waals surface area contributed by atoms with Crippen LogP contribution in [0.3, 0.4) is 0 Å². The van der Waals surface area contributed by atoms with Crippen molar-refractivity contribution in [2.45, 2.75) is 12.8 Å². The Balaban J connectivity index is 2.00. The van der Waals surface area contributed by atoms with E-state index in [1.54, 1.807) is 7.11 Å². The Bertz CT molecular complexity index is 614. The monoisotopic (exact) mass is 252 g/mol. The summed E-state index contributed by atoms with van der Waals surface area (Å²) in [4.78, 5) is 0. The highest BCUT2D eigenvalue weighted by Gasteiger charge is 2.19. The molecule has 1 aliphatic heterocycles. The van der Waals surface area contributed by atoms with Crippen molar-refractivity contribution in [1.29, 1.82) is 0 Å². The zero-order chi connectivity index (χ0) is 13.2. The lowest BCUT2D eigenvalue weighted by Gasteiger charge is -2.23. The minimum absolute atomic E-state index is 0.338. The van der Waals surface area contributed by atoms with Crippen LogP contribution in [0.2, 0.25) is 0 Å². The minimum Gasteiger partial charge on any atom is -0.497 e. The summed E-state index contributed by atoms with van der Waals surface area (Å²) < 4.78 is 11.3. The second kappa shape index (κ2) is 4.81. The molecule has 1 atom stereocenters. The van der Waals surface area contributed by atoms with Gasteiger partial charge < -0.3 is 9.47 Å². The highest BCUT2D eigenvalue weighted by atomic mass is 16.5. The lowest BCUT2D eigenvalue weighted by Crippen LogP contribution is -2.07. The van der Waals surface area contributed by atoms with Crippen molar-refractivity contribution in [1.82, 2.24) is 0 Å². The summed E-state index contributed by atoms with van der Waals surface area (Å²) in [6, 6.07) is 16.1. The van der Waals surface area contributed by atoms with E-state index in [2.05, 4.69) is 31.2 Å². The molecule has 3 rings (SSSR count). The topological polar surface area (TPSA) is 18.5 Å². The molecule has 1 aliphatic rings. The fourth-order valence-electron chi connectivity index (χ4n) is 2.33. The van der Waals surface area contributed by atoms with Crippen molar-refractivity contribution < 1.29 is 9.47 Å². The third-order valence-corrected chi connectivity index (χ3v) is 3.39. The number of methoxy groups -OCH3 is 1. The number of rotatable bonds is 2. The van der Waals surface area contributed by atoms with Crippen molar-refractivity contribution in [3.8, 4) is 11.5 Å². The van der Waals surface area contributed by atoms with E-state index in [0.29, 0.717) is 5.92 Å². The lowest BCUT2D eigenvalue weighted by atomic mass is 9.95. The highest BCUT2D eigenvalue weighted by Crippen LogP contribution is 2.39. The molecule has 2 aromatic carbocycles. The SMILES string of the molecule is COc1ccc2c(c1)OC(c1ccccc1)=C[C@H]2C. The van der Waals surface area contributed by atoms with Gasteiger partial charge in [0.15, 0.2) is 0 Å². The van der Waals surface area contributed by atoms with Crippen LogP contribution in [0, 0.1) is 0 Å². The third-order valence-electron chi connectivity index (χ3n) is 3.39. The predicted molar refractivity (Wildman–Crippen MR) is 76.5 cm³/mol. The van der Waals surface area contributed by atoms with Gasteiger partial charge in [0, 0.05) is 23.1 Å². The van der Waals surface area contributed by atoms with Crippen LogP contribution in [-0.4, -0.2) is 7.11 Å². The molecule has 1 heterocycles. The number of hydrogen-bond donors (Lipinski definition) is 0. The van der Waals surface area contributed by atoms with E-state index in [4.69, 9.17) is 9.47 Å². The van der Waals surface area contributed by atoms with Crippen LogP contribution in [0.5, 0.6) is 11.5 Å². The molecule has 96 valence electrons. The van der Waals surface area contributed by atoms with E-state index in [1.807, 2.05) is 30.3 Å². The molecule has 0 fully saturated rings. The zero-order valence-corrected chi connectivity index (χ0v) is 11.1. The first-order valence-corrected chi connectivity index (χ1v) is 6.41. The summed E-state index contributed by atoms with van der Waals surface area (Å²) in [6.45, 7) is 2.18. The molecule has 0 N–H and O–H groups in total. The van der Waals surface area contributed by atoms with Crippen molar-refractivity contribution in [2.24, 2.45) is 0 Å². The maximum Gasteiger partial charge on any atom is 0.134 e. The fourth-order valence-corrected chi connectivity index (χ4v) is 2.33. The molecule has 2 nitrogen and oxygen atoms in total. The van der Waals surface area contributed by atoms with E-state index in [0.717, 1.165) is 22.8 Å². The van der Waals surface area contributed by atoms with Crippen LogP contribution in [0.4, 0.5) is 0 Å². The van der Waals surface area contributed by atoms with Gasteiger partial charge in [-0.25, -0.2) is 0 Å². The summed E-state index contributed by atoms with van der Waals surface area (Å²) in [5, 5.41) is 0. The number of hydrogen-bond acceptors (Lipinski definition) is 2. The van der Waals surface area contributed by atoms with Gasteiger partial charge in [-0.05, 0) is 12.1 Å². The molecule has 0 radical (unpaired) electrons. The lowest BCUT2D eigenvalue weighted by molar-refractivity contribution is 0.409. The molecule has 2 aromatic rings. The van der Waals surface area contributed by atoms with Gasteiger partial charge in [0.05, 0.1) is 7.11 Å². The molecule has 19 heavy (non-hydrogen) atoms. The Morgan fingerprint density at radius 2 is 1.84 bits per heavy atom. The van der Waals surface area contributed by atoms with E-state index < -0.39 is 0 Å². The molecule has 0 saturated heterocycles. The average molecular weight is 252 g/mol. The van der Waals surface area contributed by atoms with Crippen molar-refractivity contribution in [2.75, 3.05) is 7.11 Å². The van der Waals surface area contributed by atoms with Gasteiger partial charge in [-0.15, -0.1) is 0 Å². The summed E-state index contributed by atoms with van der Waals surface area (Å²) >= 11 is 0. The normalized spacial score (nSPS) is 17.2. The summed E-state index contributed by atoms with van der Waals surface area (Å²) in [7, 11) is 1.67. The van der Waals surface area contributed by atoms with Gasteiger partial charge in [0.2, 0.25) is 0 Å². The maximum absolute atomic E-state index is 6.01. The molecule has 0 unspecified atom stereocenters. The van der Waals surface area contributed by atoms with Gasteiger partial charge in [0.1, 0.15) is 17.3 Å². The number of benzene rings is 2. The molecular weight excluding hydrogens is 236 g/mol. The Morgan fingerprint density at radius 3 is 2.58 bits per heavy atom. The van der Waals surface area contributed by atoms with Gasteiger partial charge in [0.25, 0.3) is 0 Å². The van der Waals surface area contributed by atoms with Gasteiger partial charge in [-0.1, -0.05) is 43.3 Å². The zero-order valence-electron chi connectivity index (χ0n) is 11.1. The second-order valence-electron chi connectivity index (χ2n) is 4.69. The molecule has 0 spiro atoms. The Hall–Kier alpha value is -2.22. The second-order valence-corrected chi connectivity index (χ2v) is 4.69. The summed E-state index contributed by atoms with van der Waals surface area (Å²) in [5.74, 6) is 2.95. The van der Waals surface area contributed by atoms with Gasteiger partial charge >= 0.3 is 0 Å². The van der Waals surface area contributed by atoms with E-state index in [-0.39, 0.29) is 0 Å². The Kier molecular flexibility index (Phi) is 3.00. The van der Waals surface area contributed by atoms with Crippen LogP contribution in [-0.2, 0) is 0 Å². The molecule has 0 amide bonds. The molecular formula is C17H16O2. The van der Waals surface area contributed by atoms with Crippen molar-refractivity contribution in [3.05, 3.63) is 65.7 Å². The molecule has 0 saturated carbocycles. The first kappa shape index (κ1) is 11.8. The van der Waals surface area contributed by atoms with Gasteiger partial charge in [-0.2, -0.15) is 0 Å². The molecule has 0 bridgehead atoms. The smallest absolute Gasteiger partial charge is 0.134 e. The first-order valence-electron chi connectivity index (χ1n) is 6.41. The summed E-state index contributed by atoms with van der Waals surface area (Å²) in [6.07, 6.45) is 2.16. The van der Waals surface area contributed by atoms with Crippen LogP contribution >= 0.6 is 0 Å². The Labute approximate surface area is 113 Å². The van der Waals surface area contributed by atoms with E-state index in [9.17, 15) is 0 Å². The summed E-state index contributed by atoms with van der Waals surface area (Å²) in [5.41, 5.74) is 2.29. The van der Waals surface area contributed by atoms with Gasteiger partial charge in [-0.3, -0.25) is 0 Å². The Morgan fingerprint density at radius 1 is 1.05 bits per heavy atom. The third kappa shape index (κ3) is 2.22.